The maximum Gasteiger partial charge on any atom is 0.336 e. The van der Waals surface area contributed by atoms with E-state index in [0.29, 0.717) is 48.3 Å². The number of dihydropyridines is 1. The first-order valence-electron chi connectivity index (χ1n) is 13.3. The predicted molar refractivity (Wildman–Crippen MR) is 161 cm³/mol. The van der Waals surface area contributed by atoms with E-state index in [4.69, 9.17) is 42.1 Å². The Bertz CT molecular complexity index is 1490. The summed E-state index contributed by atoms with van der Waals surface area (Å²) in [4.78, 5) is 26.2. The van der Waals surface area contributed by atoms with E-state index in [1.165, 1.54) is 18.8 Å². The van der Waals surface area contributed by atoms with Crippen molar-refractivity contribution < 1.29 is 28.5 Å². The van der Waals surface area contributed by atoms with Crippen LogP contribution >= 0.6 is 34.9 Å². The highest BCUT2D eigenvalue weighted by atomic mass is 35.5. The van der Waals surface area contributed by atoms with Crippen LogP contribution in [0.1, 0.15) is 30.9 Å². The van der Waals surface area contributed by atoms with E-state index in [-0.39, 0.29) is 36.0 Å². The number of hydrogen-bond acceptors (Lipinski definition) is 11. The zero-order valence-corrected chi connectivity index (χ0v) is 25.8. The molecule has 4 rings (SSSR count). The Morgan fingerprint density at radius 2 is 1.81 bits per heavy atom. The summed E-state index contributed by atoms with van der Waals surface area (Å²) in [7, 11) is 1.28. The van der Waals surface area contributed by atoms with Gasteiger partial charge in [-0.1, -0.05) is 41.4 Å². The number of halogens is 2. The van der Waals surface area contributed by atoms with E-state index in [2.05, 4.69) is 19.4 Å². The molecular formula is C29H32Cl2N4O6S. The van der Waals surface area contributed by atoms with Crippen molar-refractivity contribution in [1.29, 1.82) is 0 Å². The van der Waals surface area contributed by atoms with Gasteiger partial charge in [0, 0.05) is 18.8 Å². The molecule has 1 unspecified atom stereocenters. The predicted octanol–water partition coefficient (Wildman–Crippen LogP) is 4.77. The molecule has 3 aromatic rings. The molecule has 10 nitrogen and oxygen atoms in total. The number of hydrogen-bond donors (Lipinski definition) is 2. The average Bonchev–Trinajstić information content (AvgIpc) is 3.45. The second kappa shape index (κ2) is 15.4. The molecule has 13 heteroatoms. The van der Waals surface area contributed by atoms with Gasteiger partial charge in [-0.25, -0.2) is 9.59 Å². The first-order chi connectivity index (χ1) is 20.3. The average molecular weight is 636 g/mol. The van der Waals surface area contributed by atoms with Gasteiger partial charge in [0.2, 0.25) is 0 Å². The zero-order chi connectivity index (χ0) is 30.1. The number of ether oxygens (including phenoxy) is 4. The van der Waals surface area contributed by atoms with Gasteiger partial charge in [-0.2, -0.15) is 8.75 Å². The van der Waals surface area contributed by atoms with Crippen molar-refractivity contribution in [2.24, 2.45) is 0 Å². The molecule has 0 bridgehead atoms. The summed E-state index contributed by atoms with van der Waals surface area (Å²) in [5.74, 6) is -2.09. The van der Waals surface area contributed by atoms with Crippen LogP contribution in [0.4, 0.5) is 0 Å². The summed E-state index contributed by atoms with van der Waals surface area (Å²) in [6, 6.07) is 11.1. The van der Waals surface area contributed by atoms with E-state index in [0.717, 1.165) is 16.6 Å². The maximum atomic E-state index is 13.3. The van der Waals surface area contributed by atoms with Gasteiger partial charge in [0.15, 0.2) is 0 Å². The third-order valence-corrected chi connectivity index (χ3v) is 7.92. The van der Waals surface area contributed by atoms with E-state index in [1.807, 2.05) is 18.2 Å². The van der Waals surface area contributed by atoms with Crippen LogP contribution in [0.3, 0.4) is 0 Å². The Kier molecular flexibility index (Phi) is 11.7. The summed E-state index contributed by atoms with van der Waals surface area (Å²) in [5.41, 5.74) is 4.79. The Morgan fingerprint density at radius 1 is 1.02 bits per heavy atom. The molecule has 2 heterocycles. The molecule has 0 saturated carbocycles. The third-order valence-electron chi connectivity index (χ3n) is 6.53. The number of benzene rings is 2. The molecular weight excluding hydrogens is 603 g/mol. The van der Waals surface area contributed by atoms with Crippen LogP contribution in [-0.4, -0.2) is 67.4 Å². The molecule has 1 aliphatic heterocycles. The number of aromatic nitrogens is 2. The number of allylic oxidation sites excluding steroid dienone is 1. The fourth-order valence-corrected chi connectivity index (χ4v) is 5.54. The summed E-state index contributed by atoms with van der Waals surface area (Å²) < 4.78 is 30.5. The number of nitrogens with zero attached hydrogens (tertiary/aromatic N) is 2. The largest absolute Gasteiger partial charge is 0.466 e. The molecule has 1 atom stereocenters. The number of rotatable bonds is 14. The van der Waals surface area contributed by atoms with Crippen LogP contribution < -0.4 is 10.6 Å². The van der Waals surface area contributed by atoms with Gasteiger partial charge in [-0.05, 0) is 43.2 Å². The van der Waals surface area contributed by atoms with Gasteiger partial charge in [0.05, 0.1) is 84.7 Å². The molecule has 0 fully saturated rings. The van der Waals surface area contributed by atoms with Crippen LogP contribution in [0, 0.1) is 0 Å². The molecule has 2 aromatic carbocycles. The number of nitrogens with one attached hydrogen (secondary N) is 2. The summed E-state index contributed by atoms with van der Waals surface area (Å²) >= 11 is 14.1. The van der Waals surface area contributed by atoms with Gasteiger partial charge >= 0.3 is 11.9 Å². The van der Waals surface area contributed by atoms with Gasteiger partial charge in [-0.15, -0.1) is 0 Å². The van der Waals surface area contributed by atoms with E-state index < -0.39 is 17.9 Å². The van der Waals surface area contributed by atoms with Crippen LogP contribution in [-0.2, 0) is 35.1 Å². The fourth-order valence-electron chi connectivity index (χ4n) is 4.60. The Morgan fingerprint density at radius 3 is 2.60 bits per heavy atom. The summed E-state index contributed by atoms with van der Waals surface area (Å²) in [6.45, 7) is 6.11. The van der Waals surface area contributed by atoms with Crippen molar-refractivity contribution in [2.45, 2.75) is 26.3 Å². The molecule has 0 amide bonds. The second-order valence-electron chi connectivity index (χ2n) is 9.27. The molecule has 2 N–H and O–H groups in total. The quantitative estimate of drug-likeness (QED) is 0.189. The molecule has 0 saturated heterocycles. The lowest BCUT2D eigenvalue weighted by Crippen LogP contribution is -2.35. The van der Waals surface area contributed by atoms with Gasteiger partial charge in [0.1, 0.15) is 11.0 Å². The first kappa shape index (κ1) is 31.9. The van der Waals surface area contributed by atoms with Gasteiger partial charge in [-0.3, -0.25) is 0 Å². The molecule has 1 aliphatic rings. The van der Waals surface area contributed by atoms with Gasteiger partial charge in [0.25, 0.3) is 0 Å². The van der Waals surface area contributed by atoms with Crippen LogP contribution in [0.2, 0.25) is 10.0 Å². The Balaban J connectivity index is 1.37. The SMILES string of the molecule is CCOC(=O)C1=C(COCCOCCNCc2ccc3nsnc3c2)NC(C)=C(C(=O)OC)C1c1cccc(Cl)c1Cl. The molecule has 0 aliphatic carbocycles. The fraction of sp³-hybridized carbons (Fsp3) is 0.379. The van der Waals surface area contributed by atoms with Crippen molar-refractivity contribution >= 4 is 57.9 Å². The molecule has 1 aromatic heterocycles. The lowest BCUT2D eigenvalue weighted by atomic mass is 9.80. The highest BCUT2D eigenvalue weighted by Gasteiger charge is 2.40. The normalized spacial score (nSPS) is 15.2. The number of methoxy groups -OCH3 is 1. The minimum Gasteiger partial charge on any atom is -0.466 e. The van der Waals surface area contributed by atoms with Crippen LogP contribution in [0.25, 0.3) is 11.0 Å². The monoisotopic (exact) mass is 634 g/mol. The van der Waals surface area contributed by atoms with E-state index in [9.17, 15) is 9.59 Å². The smallest absolute Gasteiger partial charge is 0.336 e. The molecule has 0 spiro atoms. The highest BCUT2D eigenvalue weighted by molar-refractivity contribution is 7.00. The van der Waals surface area contributed by atoms with Gasteiger partial charge < -0.3 is 29.6 Å². The highest BCUT2D eigenvalue weighted by Crippen LogP contribution is 2.43. The van der Waals surface area contributed by atoms with Crippen LogP contribution in [0.5, 0.6) is 0 Å². The number of esters is 2. The first-order valence-corrected chi connectivity index (χ1v) is 14.8. The van der Waals surface area contributed by atoms with Crippen molar-refractivity contribution in [2.75, 3.05) is 46.7 Å². The van der Waals surface area contributed by atoms with Crippen molar-refractivity contribution in [3.63, 3.8) is 0 Å². The minimum atomic E-state index is -0.877. The Labute approximate surface area is 258 Å². The van der Waals surface area contributed by atoms with Crippen molar-refractivity contribution in [3.05, 3.63) is 80.1 Å². The third kappa shape index (κ3) is 7.66. The molecule has 0 radical (unpaired) electrons. The standard InChI is InChI=1S/C29H32Cl2N4O6S/c1-4-41-29(37)26-23(33-17(2)24(28(36)38-3)25(26)19-6-5-7-20(30)27(19)31)16-40-13-12-39-11-10-32-15-18-8-9-21-22(14-18)35-42-34-21/h5-9,14,25,32-33H,4,10-13,15-16H2,1-3H3. The van der Waals surface area contributed by atoms with Crippen molar-refractivity contribution in [3.8, 4) is 0 Å². The lowest BCUT2D eigenvalue weighted by Gasteiger charge is -2.31. The van der Waals surface area contributed by atoms with E-state index in [1.54, 1.807) is 32.0 Å². The second-order valence-corrected chi connectivity index (χ2v) is 10.6. The van der Waals surface area contributed by atoms with Crippen molar-refractivity contribution in [1.82, 2.24) is 19.4 Å². The van der Waals surface area contributed by atoms with Crippen LogP contribution in [0.15, 0.2) is 58.9 Å². The minimum absolute atomic E-state index is 0.0458. The van der Waals surface area contributed by atoms with E-state index >= 15 is 0 Å². The number of carbonyl (C=O) groups excluding carboxylic acids is 2. The molecule has 224 valence electrons. The number of fused-ring (bicyclic) bond motifs is 1. The maximum absolute atomic E-state index is 13.3. The Hall–Kier alpha value is -3.06. The molecule has 42 heavy (non-hydrogen) atoms. The number of carbonyl (C=O) groups is 2. The summed E-state index contributed by atoms with van der Waals surface area (Å²) in [6.07, 6.45) is 0. The lowest BCUT2D eigenvalue weighted by molar-refractivity contribution is -0.139. The summed E-state index contributed by atoms with van der Waals surface area (Å²) in [5, 5.41) is 7.01. The topological polar surface area (TPSA) is 121 Å². The zero-order valence-electron chi connectivity index (χ0n) is 23.5.